The second-order valence-electron chi connectivity index (χ2n) is 9.72. The topological polar surface area (TPSA) is 115 Å². The van der Waals surface area contributed by atoms with Gasteiger partial charge in [-0.2, -0.15) is 0 Å². The zero-order valence-electron chi connectivity index (χ0n) is 22.7. The quantitative estimate of drug-likeness (QED) is 0.112. The van der Waals surface area contributed by atoms with Crippen LogP contribution in [0, 0.1) is 0 Å². The van der Waals surface area contributed by atoms with Crippen LogP contribution in [0.3, 0.4) is 0 Å². The van der Waals surface area contributed by atoms with Crippen molar-refractivity contribution in [3.05, 3.63) is 12.2 Å². The van der Waals surface area contributed by atoms with Gasteiger partial charge in [-0.05, 0) is 12.8 Å². The van der Waals surface area contributed by atoms with Crippen LogP contribution in [0.4, 0.5) is 0 Å². The van der Waals surface area contributed by atoms with Crippen LogP contribution in [0.2, 0.25) is 0 Å². The van der Waals surface area contributed by atoms with Crippen LogP contribution in [0.25, 0.3) is 0 Å². The minimum atomic E-state index is -1.39. The molecule has 7 nitrogen and oxygen atoms in total. The molecule has 0 aliphatic rings. The summed E-state index contributed by atoms with van der Waals surface area (Å²) in [6.07, 6.45) is 18.5. The van der Waals surface area contributed by atoms with Crippen LogP contribution in [-0.4, -0.2) is 57.3 Å². The Morgan fingerprint density at radius 2 is 1.06 bits per heavy atom. The molecule has 0 rings (SSSR count). The Hall–Kier alpha value is -1.89. The van der Waals surface area contributed by atoms with Gasteiger partial charge < -0.3 is 20.1 Å². The molecule has 0 amide bonds. The lowest BCUT2D eigenvalue weighted by Gasteiger charge is -2.51. The maximum atomic E-state index is 12.2. The largest absolute Gasteiger partial charge is 0.544 e. The number of carbonyl (C=O) groups excluding carboxylic acids is 1. The van der Waals surface area contributed by atoms with Gasteiger partial charge in [-0.1, -0.05) is 97.6 Å². The number of carboxylic acid groups (broad SMARTS) is 3. The number of aliphatic carboxylic acids is 3. The number of hydrogen-bond donors (Lipinski definition) is 2. The Kier molecular flexibility index (Phi) is 18.3. The highest BCUT2D eigenvalue weighted by Crippen LogP contribution is 2.31. The third kappa shape index (κ3) is 11.1. The summed E-state index contributed by atoms with van der Waals surface area (Å²) in [5.41, 5.74) is 0. The maximum absolute atomic E-state index is 12.2. The molecule has 2 N–H and O–H groups in total. The molecule has 0 aromatic heterocycles. The van der Waals surface area contributed by atoms with Crippen molar-refractivity contribution in [2.24, 2.45) is 0 Å². The van der Waals surface area contributed by atoms with E-state index in [2.05, 4.69) is 13.0 Å². The molecular formula is C28H51NO6. The normalized spacial score (nSPS) is 16.0. The van der Waals surface area contributed by atoms with Gasteiger partial charge in [0.2, 0.25) is 0 Å². The van der Waals surface area contributed by atoms with Crippen LogP contribution in [0.15, 0.2) is 12.2 Å². The standard InChI is InChI=1S/C28H51NO6/c1-5-9-10-11-12-13-14-15-16-17-18-19-20-21-22-29(23(6-2)26(30)31,24(7-3)27(32)33)25(8-4)28(34)35/h19-20,23-25H,5-18,21-22H2,1-4H3,(H2-,30,31,32,33,34,35)/b20-19+. The Balaban J connectivity index is 5.07. The van der Waals surface area contributed by atoms with Crippen LogP contribution in [0.1, 0.15) is 124 Å². The van der Waals surface area contributed by atoms with E-state index in [0.29, 0.717) is 6.42 Å². The smallest absolute Gasteiger partial charge is 0.362 e. The fourth-order valence-corrected chi connectivity index (χ4v) is 5.55. The molecule has 204 valence electrons. The number of rotatable bonds is 23. The molecule has 0 bridgehead atoms. The average molecular weight is 498 g/mol. The number of unbranched alkanes of at least 4 members (excludes halogenated alkanes) is 10. The molecule has 0 radical (unpaired) electrons. The van der Waals surface area contributed by atoms with Crippen molar-refractivity contribution in [2.75, 3.05) is 6.54 Å². The van der Waals surface area contributed by atoms with Crippen LogP contribution < -0.4 is 5.11 Å². The van der Waals surface area contributed by atoms with Gasteiger partial charge in [0.25, 0.3) is 0 Å². The predicted octanol–water partition coefficient (Wildman–Crippen LogP) is 5.32. The van der Waals surface area contributed by atoms with Gasteiger partial charge in [0.15, 0.2) is 12.1 Å². The van der Waals surface area contributed by atoms with Crippen molar-refractivity contribution in [3.63, 3.8) is 0 Å². The molecule has 0 aliphatic heterocycles. The van der Waals surface area contributed by atoms with E-state index < -0.39 is 40.5 Å². The maximum Gasteiger partial charge on any atom is 0.362 e. The van der Waals surface area contributed by atoms with Crippen molar-refractivity contribution in [3.8, 4) is 0 Å². The fraction of sp³-hybridized carbons (Fsp3) is 0.821. The average Bonchev–Trinajstić information content (AvgIpc) is 2.79. The predicted molar refractivity (Wildman–Crippen MR) is 138 cm³/mol. The van der Waals surface area contributed by atoms with Gasteiger partial charge in [0.1, 0.15) is 6.04 Å². The van der Waals surface area contributed by atoms with Crippen LogP contribution in [0.5, 0.6) is 0 Å². The van der Waals surface area contributed by atoms with Gasteiger partial charge in [0.05, 0.1) is 12.5 Å². The molecule has 0 aromatic rings. The van der Waals surface area contributed by atoms with E-state index in [1.807, 2.05) is 6.08 Å². The lowest BCUT2D eigenvalue weighted by Crippen LogP contribution is -2.73. The first-order valence-electron chi connectivity index (χ1n) is 13.9. The first-order chi connectivity index (χ1) is 16.7. The molecule has 0 saturated carbocycles. The Labute approximate surface area is 213 Å². The first-order valence-corrected chi connectivity index (χ1v) is 13.9. The third-order valence-electron chi connectivity index (χ3n) is 7.32. The highest BCUT2D eigenvalue weighted by atomic mass is 16.4. The molecule has 0 heterocycles. The molecule has 35 heavy (non-hydrogen) atoms. The molecule has 7 heteroatoms. The highest BCUT2D eigenvalue weighted by molar-refractivity contribution is 5.77. The Morgan fingerprint density at radius 1 is 0.657 bits per heavy atom. The number of hydrogen-bond acceptors (Lipinski definition) is 4. The van der Waals surface area contributed by atoms with Crippen LogP contribution >= 0.6 is 0 Å². The molecule has 3 unspecified atom stereocenters. The monoisotopic (exact) mass is 497 g/mol. The van der Waals surface area contributed by atoms with Gasteiger partial charge in [-0.25, -0.2) is 9.59 Å². The minimum absolute atomic E-state index is 0.109. The summed E-state index contributed by atoms with van der Waals surface area (Å²) < 4.78 is -0.515. The molecule has 0 aliphatic carbocycles. The summed E-state index contributed by atoms with van der Waals surface area (Å²) in [5, 5.41) is 32.0. The van der Waals surface area contributed by atoms with Gasteiger partial charge in [-0.15, -0.1) is 0 Å². The van der Waals surface area contributed by atoms with E-state index in [0.717, 1.165) is 12.8 Å². The van der Waals surface area contributed by atoms with E-state index >= 15 is 0 Å². The van der Waals surface area contributed by atoms with Crippen molar-refractivity contribution in [1.29, 1.82) is 0 Å². The third-order valence-corrected chi connectivity index (χ3v) is 7.32. The molecule has 3 atom stereocenters. The number of nitrogens with zero attached hydrogens (tertiary/aromatic N) is 1. The van der Waals surface area contributed by atoms with E-state index in [-0.39, 0.29) is 25.8 Å². The lowest BCUT2D eigenvalue weighted by molar-refractivity contribution is -0.974. The number of carboxylic acids is 3. The molecular weight excluding hydrogens is 446 g/mol. The summed E-state index contributed by atoms with van der Waals surface area (Å²) >= 11 is 0. The summed E-state index contributed by atoms with van der Waals surface area (Å²) in [6, 6.07) is -3.46. The second kappa shape index (κ2) is 19.3. The Morgan fingerprint density at radius 3 is 1.43 bits per heavy atom. The molecule has 0 saturated heterocycles. The fourth-order valence-electron chi connectivity index (χ4n) is 5.55. The second-order valence-corrected chi connectivity index (χ2v) is 9.72. The minimum Gasteiger partial charge on any atom is -0.544 e. The van der Waals surface area contributed by atoms with E-state index in [1.54, 1.807) is 20.8 Å². The number of allylic oxidation sites excluding steroid dienone is 1. The number of quaternary nitrogens is 1. The van der Waals surface area contributed by atoms with E-state index in [9.17, 15) is 29.7 Å². The van der Waals surface area contributed by atoms with E-state index in [4.69, 9.17) is 0 Å². The zero-order chi connectivity index (χ0) is 26.7. The SMILES string of the molecule is CCCCCCCCCCCC/C=C/CC[N+](C(CC)C(=O)[O-])(C(CC)C(=O)O)C(CC)C(=O)O. The summed E-state index contributed by atoms with van der Waals surface area (Å²) in [6.45, 7) is 7.36. The van der Waals surface area contributed by atoms with Crippen molar-refractivity contribution in [2.45, 2.75) is 142 Å². The van der Waals surface area contributed by atoms with Crippen LogP contribution in [-0.2, 0) is 14.4 Å². The highest BCUT2D eigenvalue weighted by Gasteiger charge is 2.53. The van der Waals surface area contributed by atoms with Gasteiger partial charge in [-0.3, -0.25) is 4.48 Å². The summed E-state index contributed by atoms with van der Waals surface area (Å²) in [5.74, 6) is -3.72. The first kappa shape index (κ1) is 33.1. The van der Waals surface area contributed by atoms with Gasteiger partial charge in [0, 0.05) is 25.7 Å². The molecule has 0 aromatic carbocycles. The summed E-state index contributed by atoms with van der Waals surface area (Å²) in [7, 11) is 0. The molecule has 0 spiro atoms. The van der Waals surface area contributed by atoms with Crippen molar-refractivity contribution >= 4 is 17.9 Å². The van der Waals surface area contributed by atoms with Crippen molar-refractivity contribution < 1.29 is 34.2 Å². The van der Waals surface area contributed by atoms with E-state index in [1.165, 1.54) is 57.8 Å². The lowest BCUT2D eigenvalue weighted by atomic mass is 9.94. The number of carbonyl (C=O) groups is 3. The van der Waals surface area contributed by atoms with Crippen molar-refractivity contribution in [1.82, 2.24) is 0 Å². The summed E-state index contributed by atoms with van der Waals surface area (Å²) in [4.78, 5) is 36.4. The van der Waals surface area contributed by atoms with Gasteiger partial charge >= 0.3 is 11.9 Å². The zero-order valence-corrected chi connectivity index (χ0v) is 22.7. The Bertz CT molecular complexity index is 578. The molecule has 0 fully saturated rings.